The molecule has 0 spiro atoms. The molecule has 1 heterocycles. The third kappa shape index (κ3) is 5.85. The molecule has 34 heavy (non-hydrogen) atoms. The minimum Gasteiger partial charge on any atom is -0.493 e. The van der Waals surface area contributed by atoms with Gasteiger partial charge in [-0.15, -0.1) is 0 Å². The van der Waals surface area contributed by atoms with Crippen LogP contribution in [-0.2, 0) is 9.53 Å². The lowest BCUT2D eigenvalue weighted by Gasteiger charge is -2.14. The van der Waals surface area contributed by atoms with Gasteiger partial charge >= 0.3 is 5.97 Å². The molecule has 0 aliphatic carbocycles. The summed E-state index contributed by atoms with van der Waals surface area (Å²) in [5.74, 6) is 0.905. The molecule has 0 aliphatic rings. The van der Waals surface area contributed by atoms with Gasteiger partial charge in [0.25, 0.3) is 5.56 Å². The third-order valence-corrected chi connectivity index (χ3v) is 6.31. The number of carbonyl (C=O) groups excluding carboxylic acids is 1. The van der Waals surface area contributed by atoms with Gasteiger partial charge in [-0.25, -0.2) is 9.78 Å². The molecular weight excluding hydrogens is 570 g/mol. The number of halogens is 2. The zero-order valence-electron chi connectivity index (χ0n) is 19.3. The summed E-state index contributed by atoms with van der Waals surface area (Å²) in [5.41, 5.74) is 1.02. The molecule has 3 rings (SSSR count). The first-order chi connectivity index (χ1) is 16.3. The monoisotopic (exact) mass is 593 g/mol. The van der Waals surface area contributed by atoms with Crippen molar-refractivity contribution in [1.82, 2.24) is 9.66 Å². The average molecular weight is 595 g/mol. The molecule has 0 saturated heterocycles. The molecule has 0 aliphatic heterocycles. The van der Waals surface area contributed by atoms with E-state index in [-0.39, 0.29) is 24.7 Å². The van der Waals surface area contributed by atoms with E-state index in [0.717, 1.165) is 10.9 Å². The first kappa shape index (κ1) is 25.9. The molecule has 0 radical (unpaired) electrons. The van der Waals surface area contributed by atoms with Gasteiger partial charge in [0.1, 0.15) is 5.82 Å². The molecule has 0 bridgehead atoms. The number of fused-ring (bicyclic) bond motifs is 1. The second kappa shape index (κ2) is 11.6. The predicted molar refractivity (Wildman–Crippen MR) is 138 cm³/mol. The largest absolute Gasteiger partial charge is 0.493 e. The molecule has 180 valence electrons. The Balaban J connectivity index is 2.03. The number of aromatic nitrogens is 2. The Kier molecular flexibility index (Phi) is 8.84. The molecule has 0 saturated carbocycles. The van der Waals surface area contributed by atoms with Crippen LogP contribution in [0.1, 0.15) is 44.5 Å². The van der Waals surface area contributed by atoms with E-state index in [2.05, 4.69) is 37.0 Å². The highest BCUT2D eigenvalue weighted by atomic mass is 79.9. The van der Waals surface area contributed by atoms with Crippen LogP contribution in [-0.4, -0.2) is 42.2 Å². The SMILES string of the molecule is CCOC(=O)COc1cc(Br)c(C=Nn2c([C@H](C)CC)nc3ccc(Br)cc3c2=O)cc1OC. The van der Waals surface area contributed by atoms with Gasteiger partial charge in [0.15, 0.2) is 18.1 Å². The van der Waals surface area contributed by atoms with Gasteiger partial charge < -0.3 is 14.2 Å². The summed E-state index contributed by atoms with van der Waals surface area (Å²) in [6.45, 7) is 5.80. The van der Waals surface area contributed by atoms with Gasteiger partial charge in [-0.2, -0.15) is 9.78 Å². The fourth-order valence-electron chi connectivity index (χ4n) is 3.16. The standard InChI is InChI=1S/C24H25Br2N3O5/c1-5-14(3)23-28-19-8-7-16(25)10-17(19)24(31)29(23)27-12-15-9-20(32-4)21(11-18(15)26)34-13-22(30)33-6-2/h7-12,14H,5-6,13H2,1-4H3/t14-/m1/s1. The van der Waals surface area contributed by atoms with E-state index >= 15 is 0 Å². The molecule has 1 aromatic heterocycles. The smallest absolute Gasteiger partial charge is 0.344 e. The van der Waals surface area contributed by atoms with Gasteiger partial charge in [-0.3, -0.25) is 4.79 Å². The normalized spacial score (nSPS) is 12.2. The van der Waals surface area contributed by atoms with E-state index < -0.39 is 5.97 Å². The Hall–Kier alpha value is -2.72. The van der Waals surface area contributed by atoms with Gasteiger partial charge in [-0.05, 0) is 59.6 Å². The fourth-order valence-corrected chi connectivity index (χ4v) is 3.95. The Morgan fingerprint density at radius 2 is 1.97 bits per heavy atom. The lowest BCUT2D eigenvalue weighted by atomic mass is 10.1. The number of ether oxygens (including phenoxy) is 3. The van der Waals surface area contributed by atoms with Gasteiger partial charge in [0, 0.05) is 20.4 Å². The highest BCUT2D eigenvalue weighted by Crippen LogP contribution is 2.33. The van der Waals surface area contributed by atoms with Crippen LogP contribution in [0.15, 0.2) is 49.2 Å². The van der Waals surface area contributed by atoms with E-state index in [1.54, 1.807) is 31.3 Å². The highest BCUT2D eigenvalue weighted by molar-refractivity contribution is 9.10. The molecular formula is C24H25Br2N3O5. The number of rotatable bonds is 9. The van der Waals surface area contributed by atoms with Crippen molar-refractivity contribution in [3.05, 3.63) is 61.0 Å². The van der Waals surface area contributed by atoms with Crippen molar-refractivity contribution in [1.29, 1.82) is 0 Å². The number of nitrogens with zero attached hydrogens (tertiary/aromatic N) is 3. The van der Waals surface area contributed by atoms with Gasteiger partial charge in [0.05, 0.1) is 30.8 Å². The number of hydrogen-bond donors (Lipinski definition) is 0. The fraction of sp³-hybridized carbons (Fsp3) is 0.333. The predicted octanol–water partition coefficient (Wildman–Crippen LogP) is 5.27. The molecule has 0 fully saturated rings. The molecule has 8 nitrogen and oxygen atoms in total. The Labute approximate surface area is 214 Å². The lowest BCUT2D eigenvalue weighted by molar-refractivity contribution is -0.145. The quantitative estimate of drug-likeness (QED) is 0.248. The Morgan fingerprint density at radius 3 is 2.65 bits per heavy atom. The minimum absolute atomic E-state index is 0.0227. The maximum atomic E-state index is 13.3. The van der Waals surface area contributed by atoms with Crippen molar-refractivity contribution in [2.45, 2.75) is 33.1 Å². The summed E-state index contributed by atoms with van der Waals surface area (Å²) in [4.78, 5) is 29.6. The zero-order valence-corrected chi connectivity index (χ0v) is 22.5. The summed E-state index contributed by atoms with van der Waals surface area (Å²) in [7, 11) is 1.50. The van der Waals surface area contributed by atoms with Crippen LogP contribution in [0.5, 0.6) is 11.5 Å². The van der Waals surface area contributed by atoms with Crippen LogP contribution in [0.4, 0.5) is 0 Å². The minimum atomic E-state index is -0.473. The summed E-state index contributed by atoms with van der Waals surface area (Å²) >= 11 is 6.91. The van der Waals surface area contributed by atoms with Crippen LogP contribution in [0.2, 0.25) is 0 Å². The van der Waals surface area contributed by atoms with Crippen molar-refractivity contribution in [2.75, 3.05) is 20.3 Å². The number of hydrogen-bond acceptors (Lipinski definition) is 7. The topological polar surface area (TPSA) is 92.0 Å². The van der Waals surface area contributed by atoms with Crippen LogP contribution in [0.3, 0.4) is 0 Å². The van der Waals surface area contributed by atoms with Crippen LogP contribution >= 0.6 is 31.9 Å². The summed E-state index contributed by atoms with van der Waals surface area (Å²) in [6, 6.07) is 8.79. The Bertz CT molecular complexity index is 1290. The van der Waals surface area contributed by atoms with Crippen LogP contribution in [0.25, 0.3) is 10.9 Å². The van der Waals surface area contributed by atoms with E-state index in [0.29, 0.717) is 38.3 Å². The summed E-state index contributed by atoms with van der Waals surface area (Å²) in [5, 5.41) is 4.96. The van der Waals surface area contributed by atoms with Crippen LogP contribution < -0.4 is 15.0 Å². The zero-order chi connectivity index (χ0) is 24.8. The maximum absolute atomic E-state index is 13.3. The van der Waals surface area contributed by atoms with Crippen LogP contribution in [0, 0.1) is 0 Å². The van der Waals surface area contributed by atoms with E-state index in [1.165, 1.54) is 11.8 Å². The number of benzene rings is 2. The van der Waals surface area contributed by atoms with E-state index in [4.69, 9.17) is 19.2 Å². The van der Waals surface area contributed by atoms with Crippen molar-refractivity contribution in [2.24, 2.45) is 5.10 Å². The second-order valence-electron chi connectivity index (χ2n) is 7.42. The van der Waals surface area contributed by atoms with Crippen molar-refractivity contribution >= 4 is 54.9 Å². The van der Waals surface area contributed by atoms with Crippen molar-refractivity contribution < 1.29 is 19.0 Å². The number of esters is 1. The molecule has 0 unspecified atom stereocenters. The Morgan fingerprint density at radius 1 is 1.21 bits per heavy atom. The van der Waals surface area contributed by atoms with Crippen molar-refractivity contribution in [3.8, 4) is 11.5 Å². The molecule has 3 aromatic rings. The first-order valence-electron chi connectivity index (χ1n) is 10.7. The number of methoxy groups -OCH3 is 1. The van der Waals surface area contributed by atoms with Gasteiger partial charge in [-0.1, -0.05) is 29.8 Å². The molecule has 0 amide bonds. The molecule has 2 aromatic carbocycles. The van der Waals surface area contributed by atoms with Gasteiger partial charge in [0.2, 0.25) is 0 Å². The maximum Gasteiger partial charge on any atom is 0.344 e. The van der Waals surface area contributed by atoms with Crippen molar-refractivity contribution in [3.63, 3.8) is 0 Å². The second-order valence-corrected chi connectivity index (χ2v) is 9.19. The summed E-state index contributed by atoms with van der Waals surface area (Å²) < 4.78 is 18.6. The molecule has 10 heteroatoms. The summed E-state index contributed by atoms with van der Waals surface area (Å²) in [6.07, 6.45) is 2.36. The number of carbonyl (C=O) groups is 1. The lowest BCUT2D eigenvalue weighted by Crippen LogP contribution is -2.23. The van der Waals surface area contributed by atoms with E-state index in [1.807, 2.05) is 26.0 Å². The molecule has 1 atom stereocenters. The third-order valence-electron chi connectivity index (χ3n) is 5.13. The average Bonchev–Trinajstić information content (AvgIpc) is 2.82. The first-order valence-corrected chi connectivity index (χ1v) is 12.3. The van der Waals surface area contributed by atoms with E-state index in [9.17, 15) is 9.59 Å². The molecule has 0 N–H and O–H groups in total. The highest BCUT2D eigenvalue weighted by Gasteiger charge is 2.16.